The van der Waals surface area contributed by atoms with E-state index in [4.69, 9.17) is 9.72 Å². The molecule has 1 aliphatic heterocycles. The maximum atomic E-state index is 13.6. The van der Waals surface area contributed by atoms with Crippen molar-refractivity contribution in [3.63, 3.8) is 0 Å². The van der Waals surface area contributed by atoms with Crippen LogP contribution in [-0.2, 0) is 15.5 Å². The number of likely N-dealkylation sites (tertiary alicyclic amines) is 1. The average molecular weight is 503 g/mol. The van der Waals surface area contributed by atoms with E-state index >= 15 is 0 Å². The summed E-state index contributed by atoms with van der Waals surface area (Å²) < 4.78 is 31.0. The van der Waals surface area contributed by atoms with Gasteiger partial charge in [-0.25, -0.2) is 24.1 Å². The summed E-state index contributed by atoms with van der Waals surface area (Å²) in [5.41, 5.74) is 1.60. The van der Waals surface area contributed by atoms with Crippen LogP contribution in [0.2, 0.25) is 0 Å². The molecule has 0 spiro atoms. The van der Waals surface area contributed by atoms with E-state index in [9.17, 15) is 13.4 Å². The zero-order valence-corrected chi connectivity index (χ0v) is 21.2. The molecule has 1 atom stereocenters. The molecule has 3 aromatic rings. The molecular weight excluding hydrogens is 475 g/mol. The minimum atomic E-state index is -1.32. The molecule has 3 heterocycles. The SMILES string of the molecule is CS(=O)c1nccc(-c2sc(C3CCN(C(=O)OC(C)(C)C)CC3)nc2-c2ccc(F)cc2)n1. The van der Waals surface area contributed by atoms with Gasteiger partial charge in [0.25, 0.3) is 0 Å². The first-order valence-electron chi connectivity index (χ1n) is 11.0. The molecule has 0 radical (unpaired) electrons. The van der Waals surface area contributed by atoms with Crippen LogP contribution < -0.4 is 0 Å². The van der Waals surface area contributed by atoms with Crippen molar-refractivity contribution < 1.29 is 18.1 Å². The van der Waals surface area contributed by atoms with Crippen LogP contribution in [0.15, 0.2) is 41.7 Å². The number of carbonyl (C=O) groups excluding carboxylic acids is 1. The monoisotopic (exact) mass is 502 g/mol. The molecule has 0 saturated carbocycles. The standard InChI is InChI=1S/C24H27FN4O3S2/c1-24(2,3)32-23(30)29-13-10-16(11-14-29)21-28-19(15-5-7-17(25)8-6-15)20(33-21)18-9-12-26-22(27-18)34(4)31/h5-9,12,16H,10-11,13-14H2,1-4H3. The Bertz CT molecular complexity index is 1200. The second kappa shape index (κ2) is 9.87. The van der Waals surface area contributed by atoms with Crippen molar-refractivity contribution in [3.05, 3.63) is 47.4 Å². The first-order valence-corrected chi connectivity index (χ1v) is 13.4. The third-order valence-electron chi connectivity index (χ3n) is 5.38. The quantitative estimate of drug-likeness (QED) is 0.453. The van der Waals surface area contributed by atoms with Crippen molar-refractivity contribution in [2.24, 2.45) is 0 Å². The van der Waals surface area contributed by atoms with Gasteiger partial charge in [-0.3, -0.25) is 4.21 Å². The molecule has 7 nitrogen and oxygen atoms in total. The summed E-state index contributed by atoms with van der Waals surface area (Å²) in [7, 11) is -1.32. The Morgan fingerprint density at radius 1 is 1.15 bits per heavy atom. The van der Waals surface area contributed by atoms with Crippen LogP contribution in [0.5, 0.6) is 0 Å². The molecule has 4 rings (SSSR count). The fourth-order valence-electron chi connectivity index (χ4n) is 3.73. The van der Waals surface area contributed by atoms with Crippen LogP contribution >= 0.6 is 11.3 Å². The lowest BCUT2D eigenvalue weighted by molar-refractivity contribution is 0.0205. The highest BCUT2D eigenvalue weighted by Gasteiger charge is 2.30. The number of amides is 1. The van der Waals surface area contributed by atoms with Gasteiger partial charge in [0.05, 0.1) is 32.1 Å². The molecule has 0 N–H and O–H groups in total. The summed E-state index contributed by atoms with van der Waals surface area (Å²) >= 11 is 1.53. The molecule has 1 fully saturated rings. The van der Waals surface area contributed by atoms with Gasteiger partial charge in [-0.05, 0) is 63.9 Å². The number of aromatic nitrogens is 3. The fourth-order valence-corrected chi connectivity index (χ4v) is 5.39. The Morgan fingerprint density at radius 3 is 2.44 bits per heavy atom. The van der Waals surface area contributed by atoms with Crippen molar-refractivity contribution in [1.82, 2.24) is 19.9 Å². The molecule has 1 aromatic carbocycles. The van der Waals surface area contributed by atoms with Crippen LogP contribution in [0.1, 0.15) is 44.5 Å². The summed E-state index contributed by atoms with van der Waals surface area (Å²) in [4.78, 5) is 28.5. The molecule has 0 aliphatic carbocycles. The van der Waals surface area contributed by atoms with E-state index in [1.54, 1.807) is 29.3 Å². The molecule has 1 saturated heterocycles. The van der Waals surface area contributed by atoms with Gasteiger partial charge in [0, 0.05) is 37.0 Å². The largest absolute Gasteiger partial charge is 0.444 e. The fraction of sp³-hybridized carbons (Fsp3) is 0.417. The Morgan fingerprint density at radius 2 is 1.82 bits per heavy atom. The zero-order valence-electron chi connectivity index (χ0n) is 19.6. The number of piperidine rings is 1. The smallest absolute Gasteiger partial charge is 0.410 e. The number of halogens is 1. The lowest BCUT2D eigenvalue weighted by Gasteiger charge is -2.32. The second-order valence-electron chi connectivity index (χ2n) is 9.16. The Hall–Kier alpha value is -2.72. The lowest BCUT2D eigenvalue weighted by Crippen LogP contribution is -2.41. The van der Waals surface area contributed by atoms with Crippen LogP contribution in [0.4, 0.5) is 9.18 Å². The van der Waals surface area contributed by atoms with Crippen molar-refractivity contribution in [1.29, 1.82) is 0 Å². The van der Waals surface area contributed by atoms with Gasteiger partial charge < -0.3 is 9.64 Å². The number of ether oxygens (including phenoxy) is 1. The van der Waals surface area contributed by atoms with Gasteiger partial charge in [-0.1, -0.05) is 0 Å². The molecule has 1 amide bonds. The molecule has 10 heteroatoms. The number of nitrogens with zero attached hydrogens (tertiary/aromatic N) is 4. The van der Waals surface area contributed by atoms with Crippen LogP contribution in [0.3, 0.4) is 0 Å². The van der Waals surface area contributed by atoms with Crippen molar-refractivity contribution in [2.75, 3.05) is 19.3 Å². The van der Waals surface area contributed by atoms with Gasteiger partial charge in [-0.2, -0.15) is 0 Å². The predicted octanol–water partition coefficient (Wildman–Crippen LogP) is 5.26. The minimum Gasteiger partial charge on any atom is -0.444 e. The summed E-state index contributed by atoms with van der Waals surface area (Å²) in [5.74, 6) is -0.140. The summed E-state index contributed by atoms with van der Waals surface area (Å²) in [6.45, 7) is 6.76. The van der Waals surface area contributed by atoms with Crippen molar-refractivity contribution in [2.45, 2.75) is 50.3 Å². The van der Waals surface area contributed by atoms with E-state index in [1.165, 1.54) is 29.7 Å². The molecule has 0 bridgehead atoms. The Kier molecular flexibility index (Phi) is 7.09. The first kappa shape index (κ1) is 24.4. The molecule has 2 aromatic heterocycles. The van der Waals surface area contributed by atoms with Crippen LogP contribution in [0.25, 0.3) is 21.8 Å². The Labute approximate surface area is 204 Å². The summed E-state index contributed by atoms with van der Waals surface area (Å²) in [6, 6.07) is 7.98. The number of hydrogen-bond acceptors (Lipinski definition) is 7. The van der Waals surface area contributed by atoms with Gasteiger partial charge in [0.2, 0.25) is 5.16 Å². The number of rotatable bonds is 4. The average Bonchev–Trinajstić information content (AvgIpc) is 3.24. The van der Waals surface area contributed by atoms with Gasteiger partial charge in [0.1, 0.15) is 11.4 Å². The maximum absolute atomic E-state index is 13.6. The molecule has 1 unspecified atom stereocenters. The van der Waals surface area contributed by atoms with Crippen LogP contribution in [-0.4, -0.2) is 55.1 Å². The van der Waals surface area contributed by atoms with Crippen molar-refractivity contribution >= 4 is 28.2 Å². The lowest BCUT2D eigenvalue weighted by atomic mass is 9.98. The van der Waals surface area contributed by atoms with Crippen LogP contribution in [0, 0.1) is 5.82 Å². The second-order valence-corrected chi connectivity index (χ2v) is 11.5. The number of carbonyl (C=O) groups is 1. The molecular formula is C24H27FN4O3S2. The van der Waals surface area contributed by atoms with Gasteiger partial charge in [-0.15, -0.1) is 11.3 Å². The van der Waals surface area contributed by atoms with Gasteiger partial charge >= 0.3 is 6.09 Å². The molecule has 180 valence electrons. The number of hydrogen-bond donors (Lipinski definition) is 0. The topological polar surface area (TPSA) is 85.3 Å². The molecule has 34 heavy (non-hydrogen) atoms. The van der Waals surface area contributed by atoms with E-state index in [2.05, 4.69) is 9.97 Å². The highest BCUT2D eigenvalue weighted by molar-refractivity contribution is 7.84. The molecule has 1 aliphatic rings. The van der Waals surface area contributed by atoms with E-state index in [-0.39, 0.29) is 23.0 Å². The highest BCUT2D eigenvalue weighted by Crippen LogP contribution is 2.41. The number of thiazole rings is 1. The summed E-state index contributed by atoms with van der Waals surface area (Å²) in [6.07, 6.45) is 4.37. The van der Waals surface area contributed by atoms with E-state index < -0.39 is 16.4 Å². The van der Waals surface area contributed by atoms with Crippen molar-refractivity contribution in [3.8, 4) is 21.8 Å². The third-order valence-corrected chi connectivity index (χ3v) is 7.33. The Balaban J connectivity index is 1.63. The van der Waals surface area contributed by atoms with E-state index in [1.807, 2.05) is 20.8 Å². The van der Waals surface area contributed by atoms with E-state index in [0.717, 1.165) is 28.3 Å². The summed E-state index contributed by atoms with van der Waals surface area (Å²) in [5, 5.41) is 1.19. The van der Waals surface area contributed by atoms with Gasteiger partial charge in [0.15, 0.2) is 0 Å². The third kappa shape index (κ3) is 5.67. The zero-order chi connectivity index (χ0) is 24.5. The highest BCUT2D eigenvalue weighted by atomic mass is 32.2. The van der Waals surface area contributed by atoms with E-state index in [0.29, 0.717) is 24.5 Å². The first-order chi connectivity index (χ1) is 16.1. The maximum Gasteiger partial charge on any atom is 0.410 e. The normalized spacial score (nSPS) is 15.9. The minimum absolute atomic E-state index is 0.179. The number of benzene rings is 1. The predicted molar refractivity (Wildman–Crippen MR) is 131 cm³/mol.